The molecule has 1 aliphatic rings. The van der Waals surface area contributed by atoms with Crippen LogP contribution in [0.4, 0.5) is 5.82 Å². The van der Waals surface area contributed by atoms with Gasteiger partial charge in [-0.3, -0.25) is 4.79 Å². The fourth-order valence-corrected chi connectivity index (χ4v) is 2.12. The average Bonchev–Trinajstić information content (AvgIpc) is 2.46. The standard InChI is InChI=1S/C12H19N5O/c1-3-9-6-11(16-8-15-9)17-5-4-14-7-10(17)12(18)13-2/h6,8,10,14H,3-5,7H2,1-2H3,(H,13,18). The molecule has 18 heavy (non-hydrogen) atoms. The van der Waals surface area contributed by atoms with Crippen molar-refractivity contribution in [1.82, 2.24) is 20.6 Å². The van der Waals surface area contributed by atoms with Crippen molar-refractivity contribution in [3.8, 4) is 0 Å². The summed E-state index contributed by atoms with van der Waals surface area (Å²) < 4.78 is 0. The third-order valence-electron chi connectivity index (χ3n) is 3.16. The van der Waals surface area contributed by atoms with Crippen molar-refractivity contribution in [1.29, 1.82) is 0 Å². The monoisotopic (exact) mass is 249 g/mol. The van der Waals surface area contributed by atoms with Crippen molar-refractivity contribution < 1.29 is 4.79 Å². The number of carbonyl (C=O) groups excluding carboxylic acids is 1. The minimum absolute atomic E-state index is 0.0128. The fourth-order valence-electron chi connectivity index (χ4n) is 2.12. The van der Waals surface area contributed by atoms with Gasteiger partial charge in [-0.05, 0) is 6.42 Å². The molecule has 1 saturated heterocycles. The highest BCUT2D eigenvalue weighted by Gasteiger charge is 2.28. The summed E-state index contributed by atoms with van der Waals surface area (Å²) in [5.41, 5.74) is 0.995. The van der Waals surface area contributed by atoms with Crippen molar-refractivity contribution in [3.63, 3.8) is 0 Å². The van der Waals surface area contributed by atoms with Crippen LogP contribution in [0.25, 0.3) is 0 Å². The molecule has 0 aromatic carbocycles. The third kappa shape index (κ3) is 2.59. The summed E-state index contributed by atoms with van der Waals surface area (Å²) in [6.07, 6.45) is 2.43. The summed E-state index contributed by atoms with van der Waals surface area (Å²) in [5, 5.41) is 5.93. The van der Waals surface area contributed by atoms with Crippen molar-refractivity contribution >= 4 is 11.7 Å². The van der Waals surface area contributed by atoms with E-state index in [1.54, 1.807) is 13.4 Å². The lowest BCUT2D eigenvalue weighted by atomic mass is 10.1. The van der Waals surface area contributed by atoms with E-state index in [0.29, 0.717) is 6.54 Å². The maximum Gasteiger partial charge on any atom is 0.243 e. The molecule has 0 saturated carbocycles. The third-order valence-corrected chi connectivity index (χ3v) is 3.16. The second-order valence-corrected chi connectivity index (χ2v) is 4.25. The van der Waals surface area contributed by atoms with Gasteiger partial charge in [0, 0.05) is 38.4 Å². The van der Waals surface area contributed by atoms with Crippen molar-refractivity contribution in [3.05, 3.63) is 18.1 Å². The van der Waals surface area contributed by atoms with Gasteiger partial charge in [0.2, 0.25) is 5.91 Å². The average molecular weight is 249 g/mol. The molecule has 0 spiro atoms. The number of hydrogen-bond acceptors (Lipinski definition) is 5. The van der Waals surface area contributed by atoms with Crippen molar-refractivity contribution in [2.75, 3.05) is 31.6 Å². The second kappa shape index (κ2) is 5.77. The van der Waals surface area contributed by atoms with Crippen LogP contribution in [0.5, 0.6) is 0 Å². The quantitative estimate of drug-likeness (QED) is 0.760. The lowest BCUT2D eigenvalue weighted by Crippen LogP contribution is -2.57. The molecule has 1 aromatic heterocycles. The Kier molecular flexibility index (Phi) is 4.09. The largest absolute Gasteiger partial charge is 0.357 e. The molecule has 1 atom stereocenters. The lowest BCUT2D eigenvalue weighted by Gasteiger charge is -2.35. The van der Waals surface area contributed by atoms with Gasteiger partial charge in [0.15, 0.2) is 0 Å². The molecule has 6 heteroatoms. The molecular formula is C12H19N5O. The van der Waals surface area contributed by atoms with E-state index in [9.17, 15) is 4.79 Å². The van der Waals surface area contributed by atoms with Crippen LogP contribution in [-0.2, 0) is 11.2 Å². The van der Waals surface area contributed by atoms with Gasteiger partial charge in [-0.1, -0.05) is 6.92 Å². The molecule has 0 bridgehead atoms. The first-order valence-electron chi connectivity index (χ1n) is 6.26. The molecule has 1 aliphatic heterocycles. The van der Waals surface area contributed by atoms with Gasteiger partial charge in [0.1, 0.15) is 18.2 Å². The minimum atomic E-state index is -0.205. The van der Waals surface area contributed by atoms with Crippen LogP contribution >= 0.6 is 0 Å². The van der Waals surface area contributed by atoms with E-state index < -0.39 is 0 Å². The Morgan fingerprint density at radius 2 is 2.44 bits per heavy atom. The molecule has 2 rings (SSSR count). The number of carbonyl (C=O) groups is 1. The normalized spacial score (nSPS) is 19.7. The molecule has 98 valence electrons. The lowest BCUT2D eigenvalue weighted by molar-refractivity contribution is -0.122. The molecule has 1 unspecified atom stereocenters. The zero-order valence-electron chi connectivity index (χ0n) is 10.8. The van der Waals surface area contributed by atoms with E-state index in [-0.39, 0.29) is 11.9 Å². The maximum atomic E-state index is 11.9. The first-order valence-corrected chi connectivity index (χ1v) is 6.26. The van der Waals surface area contributed by atoms with Gasteiger partial charge in [-0.15, -0.1) is 0 Å². The number of anilines is 1. The fraction of sp³-hybridized carbons (Fsp3) is 0.583. The van der Waals surface area contributed by atoms with E-state index in [4.69, 9.17) is 0 Å². The Morgan fingerprint density at radius 3 is 3.17 bits per heavy atom. The van der Waals surface area contributed by atoms with Gasteiger partial charge in [-0.2, -0.15) is 0 Å². The molecule has 2 heterocycles. The van der Waals surface area contributed by atoms with E-state index in [0.717, 1.165) is 31.0 Å². The summed E-state index contributed by atoms with van der Waals surface area (Å²) in [6, 6.07) is 1.75. The zero-order valence-corrected chi connectivity index (χ0v) is 10.8. The number of nitrogens with one attached hydrogen (secondary N) is 2. The van der Waals surface area contributed by atoms with Gasteiger partial charge >= 0.3 is 0 Å². The molecule has 2 N–H and O–H groups in total. The van der Waals surface area contributed by atoms with Crippen LogP contribution in [0.2, 0.25) is 0 Å². The summed E-state index contributed by atoms with van der Waals surface area (Å²) in [7, 11) is 1.66. The van der Waals surface area contributed by atoms with E-state index in [1.807, 2.05) is 11.0 Å². The van der Waals surface area contributed by atoms with Crippen LogP contribution in [0.1, 0.15) is 12.6 Å². The number of piperazine rings is 1. The van der Waals surface area contributed by atoms with Crippen molar-refractivity contribution in [2.24, 2.45) is 0 Å². The highest BCUT2D eigenvalue weighted by molar-refractivity contribution is 5.85. The first kappa shape index (κ1) is 12.8. The smallest absolute Gasteiger partial charge is 0.243 e. The number of nitrogens with zero attached hydrogens (tertiary/aromatic N) is 3. The highest BCUT2D eigenvalue weighted by Crippen LogP contribution is 2.16. The molecule has 0 radical (unpaired) electrons. The van der Waals surface area contributed by atoms with Crippen LogP contribution in [0, 0.1) is 0 Å². The minimum Gasteiger partial charge on any atom is -0.357 e. The molecule has 0 aliphatic carbocycles. The second-order valence-electron chi connectivity index (χ2n) is 4.25. The van der Waals surface area contributed by atoms with Crippen LogP contribution < -0.4 is 15.5 Å². The summed E-state index contributed by atoms with van der Waals surface area (Å²) in [6.45, 7) is 4.34. The molecule has 1 aromatic rings. The van der Waals surface area contributed by atoms with Gasteiger partial charge in [0.05, 0.1) is 0 Å². The Balaban J connectivity index is 2.24. The van der Waals surface area contributed by atoms with E-state index in [2.05, 4.69) is 27.5 Å². The van der Waals surface area contributed by atoms with E-state index in [1.165, 1.54) is 0 Å². The van der Waals surface area contributed by atoms with Gasteiger partial charge in [-0.25, -0.2) is 9.97 Å². The molecule has 6 nitrogen and oxygen atoms in total. The number of aromatic nitrogens is 2. The Bertz CT molecular complexity index is 423. The maximum absolute atomic E-state index is 11.9. The predicted molar refractivity (Wildman–Crippen MR) is 69.5 cm³/mol. The van der Waals surface area contributed by atoms with Gasteiger partial charge in [0.25, 0.3) is 0 Å². The number of aryl methyl sites for hydroxylation is 1. The zero-order chi connectivity index (χ0) is 13.0. The topological polar surface area (TPSA) is 70.2 Å². The summed E-state index contributed by atoms with van der Waals surface area (Å²) in [5.74, 6) is 0.843. The summed E-state index contributed by atoms with van der Waals surface area (Å²) >= 11 is 0. The van der Waals surface area contributed by atoms with Crippen LogP contribution in [-0.4, -0.2) is 48.6 Å². The highest BCUT2D eigenvalue weighted by atomic mass is 16.2. The van der Waals surface area contributed by atoms with Crippen LogP contribution in [0.15, 0.2) is 12.4 Å². The molecule has 1 fully saturated rings. The van der Waals surface area contributed by atoms with Crippen LogP contribution in [0.3, 0.4) is 0 Å². The number of amides is 1. The molecular weight excluding hydrogens is 230 g/mol. The first-order chi connectivity index (χ1) is 8.76. The number of likely N-dealkylation sites (N-methyl/N-ethyl adjacent to an activating group) is 1. The SMILES string of the molecule is CCc1cc(N2CCNCC2C(=O)NC)ncn1. The summed E-state index contributed by atoms with van der Waals surface area (Å²) in [4.78, 5) is 22.4. The number of rotatable bonds is 3. The van der Waals surface area contributed by atoms with Crippen molar-refractivity contribution in [2.45, 2.75) is 19.4 Å². The molecule has 1 amide bonds. The van der Waals surface area contributed by atoms with E-state index >= 15 is 0 Å². The predicted octanol–water partition coefficient (Wildman–Crippen LogP) is -0.437. The Labute approximate surface area is 107 Å². The van der Waals surface area contributed by atoms with Gasteiger partial charge < -0.3 is 15.5 Å². The Hall–Kier alpha value is -1.69. The number of hydrogen-bond donors (Lipinski definition) is 2. The Morgan fingerprint density at radius 1 is 1.61 bits per heavy atom.